The highest BCUT2D eigenvalue weighted by molar-refractivity contribution is 5.59. The zero-order valence-electron chi connectivity index (χ0n) is 10.4. The van der Waals surface area contributed by atoms with Gasteiger partial charge in [0.15, 0.2) is 0 Å². The molecule has 2 atom stereocenters. The minimum absolute atomic E-state index is 0.337. The first-order chi connectivity index (χ1) is 8.22. The quantitative estimate of drug-likeness (QED) is 0.799. The van der Waals surface area contributed by atoms with E-state index in [1.54, 1.807) is 7.11 Å². The highest BCUT2D eigenvalue weighted by atomic mass is 16.5. The van der Waals surface area contributed by atoms with E-state index in [2.05, 4.69) is 17.1 Å². The van der Waals surface area contributed by atoms with Crippen molar-refractivity contribution in [1.82, 2.24) is 5.32 Å². The van der Waals surface area contributed by atoms with Crippen LogP contribution < -0.4 is 15.0 Å². The first kappa shape index (κ1) is 12.2. The maximum atomic E-state index is 9.86. The fourth-order valence-electron chi connectivity index (χ4n) is 2.24. The first-order valence-electron chi connectivity index (χ1n) is 6.01. The maximum absolute atomic E-state index is 9.86. The molecule has 0 spiro atoms. The summed E-state index contributed by atoms with van der Waals surface area (Å²) in [7, 11) is 1.68. The smallest absolute Gasteiger partial charge is 0.142 e. The van der Waals surface area contributed by atoms with Gasteiger partial charge in [0.1, 0.15) is 5.75 Å². The third kappa shape index (κ3) is 2.70. The molecule has 1 aliphatic rings. The van der Waals surface area contributed by atoms with Gasteiger partial charge in [-0.15, -0.1) is 0 Å². The number of methoxy groups -OCH3 is 1. The molecule has 4 heteroatoms. The Morgan fingerprint density at radius 2 is 2.12 bits per heavy atom. The summed E-state index contributed by atoms with van der Waals surface area (Å²) in [5.41, 5.74) is 1.05. The van der Waals surface area contributed by atoms with Crippen LogP contribution in [0.1, 0.15) is 6.92 Å². The number of para-hydroxylation sites is 2. The molecule has 2 unspecified atom stereocenters. The molecule has 2 N–H and O–H groups in total. The molecule has 94 valence electrons. The van der Waals surface area contributed by atoms with E-state index in [9.17, 15) is 5.11 Å². The summed E-state index contributed by atoms with van der Waals surface area (Å²) >= 11 is 0. The topological polar surface area (TPSA) is 44.7 Å². The highest BCUT2D eigenvalue weighted by Crippen LogP contribution is 2.29. The Morgan fingerprint density at radius 3 is 2.88 bits per heavy atom. The predicted molar refractivity (Wildman–Crippen MR) is 68.7 cm³/mol. The summed E-state index contributed by atoms with van der Waals surface area (Å²) in [4.78, 5) is 2.20. The molecule has 1 heterocycles. The van der Waals surface area contributed by atoms with Crippen LogP contribution in [0.3, 0.4) is 0 Å². The fraction of sp³-hybridized carbons (Fsp3) is 0.538. The Morgan fingerprint density at radius 1 is 1.35 bits per heavy atom. The summed E-state index contributed by atoms with van der Waals surface area (Å²) < 4.78 is 5.38. The van der Waals surface area contributed by atoms with Gasteiger partial charge in [0.2, 0.25) is 0 Å². The van der Waals surface area contributed by atoms with Crippen LogP contribution in [0.5, 0.6) is 5.75 Å². The number of aliphatic hydroxyl groups excluding tert-OH is 1. The van der Waals surface area contributed by atoms with E-state index in [4.69, 9.17) is 4.74 Å². The number of nitrogens with zero attached hydrogens (tertiary/aromatic N) is 1. The molecule has 0 saturated carbocycles. The molecular weight excluding hydrogens is 216 g/mol. The third-order valence-electron chi connectivity index (χ3n) is 3.15. The third-order valence-corrected chi connectivity index (χ3v) is 3.15. The van der Waals surface area contributed by atoms with Crippen LogP contribution in [0.25, 0.3) is 0 Å². The van der Waals surface area contributed by atoms with Gasteiger partial charge in [-0.2, -0.15) is 0 Å². The SMILES string of the molecule is COc1ccccc1N1CC(O)CNCC1C. The second kappa shape index (κ2) is 5.38. The number of rotatable bonds is 2. The molecule has 1 aromatic carbocycles. The fourth-order valence-corrected chi connectivity index (χ4v) is 2.24. The molecule has 1 aliphatic heterocycles. The lowest BCUT2D eigenvalue weighted by atomic mass is 10.2. The van der Waals surface area contributed by atoms with Gasteiger partial charge >= 0.3 is 0 Å². The molecule has 0 bridgehead atoms. The molecule has 0 aliphatic carbocycles. The van der Waals surface area contributed by atoms with Crippen LogP contribution in [0.15, 0.2) is 24.3 Å². The summed E-state index contributed by atoms with van der Waals surface area (Å²) in [5, 5.41) is 13.1. The van der Waals surface area contributed by atoms with Gasteiger partial charge in [-0.05, 0) is 19.1 Å². The number of hydrogen-bond donors (Lipinski definition) is 2. The van der Waals surface area contributed by atoms with Crippen molar-refractivity contribution in [3.8, 4) is 5.75 Å². The van der Waals surface area contributed by atoms with Crippen LogP contribution in [0, 0.1) is 0 Å². The molecule has 1 aromatic rings. The molecule has 2 rings (SSSR count). The van der Waals surface area contributed by atoms with Crippen molar-refractivity contribution in [1.29, 1.82) is 0 Å². The van der Waals surface area contributed by atoms with Crippen molar-refractivity contribution in [3.05, 3.63) is 24.3 Å². The average Bonchev–Trinajstić information content (AvgIpc) is 2.51. The average molecular weight is 236 g/mol. The Balaban J connectivity index is 2.29. The van der Waals surface area contributed by atoms with Gasteiger partial charge in [0.05, 0.1) is 18.9 Å². The van der Waals surface area contributed by atoms with E-state index < -0.39 is 0 Å². The normalized spacial score (nSPS) is 25.5. The molecule has 4 nitrogen and oxygen atoms in total. The van der Waals surface area contributed by atoms with Crippen molar-refractivity contribution < 1.29 is 9.84 Å². The molecule has 1 fully saturated rings. The van der Waals surface area contributed by atoms with Gasteiger partial charge in [-0.25, -0.2) is 0 Å². The van der Waals surface area contributed by atoms with Gasteiger partial charge in [-0.3, -0.25) is 0 Å². The lowest BCUT2D eigenvalue weighted by molar-refractivity contribution is 0.184. The number of nitrogens with one attached hydrogen (secondary N) is 1. The Bertz CT molecular complexity index is 370. The van der Waals surface area contributed by atoms with E-state index in [0.29, 0.717) is 19.1 Å². The maximum Gasteiger partial charge on any atom is 0.142 e. The molecule has 0 amide bonds. The van der Waals surface area contributed by atoms with Crippen molar-refractivity contribution in [2.45, 2.75) is 19.1 Å². The summed E-state index contributed by atoms with van der Waals surface area (Å²) in [6.45, 7) is 4.30. The van der Waals surface area contributed by atoms with Gasteiger partial charge in [0.25, 0.3) is 0 Å². The molecule has 17 heavy (non-hydrogen) atoms. The number of anilines is 1. The number of aliphatic hydroxyl groups is 1. The van der Waals surface area contributed by atoms with Crippen LogP contribution in [-0.2, 0) is 0 Å². The van der Waals surface area contributed by atoms with Crippen molar-refractivity contribution in [3.63, 3.8) is 0 Å². The van der Waals surface area contributed by atoms with Gasteiger partial charge in [-0.1, -0.05) is 12.1 Å². The molecule has 0 aromatic heterocycles. The summed E-state index contributed by atoms with van der Waals surface area (Å²) in [5.74, 6) is 0.855. The first-order valence-corrected chi connectivity index (χ1v) is 6.01. The van der Waals surface area contributed by atoms with E-state index in [0.717, 1.165) is 18.0 Å². The van der Waals surface area contributed by atoms with Crippen LogP contribution in [0.2, 0.25) is 0 Å². The van der Waals surface area contributed by atoms with Crippen LogP contribution in [-0.4, -0.2) is 44.0 Å². The predicted octanol–water partition coefficient (Wildman–Crippen LogP) is 0.854. The lowest BCUT2D eigenvalue weighted by Gasteiger charge is -2.31. The second-order valence-electron chi connectivity index (χ2n) is 4.49. The standard InChI is InChI=1S/C13H20N2O2/c1-10-7-14-8-11(16)9-15(10)12-5-3-4-6-13(12)17-2/h3-6,10-11,14,16H,7-9H2,1-2H3. The van der Waals surface area contributed by atoms with E-state index in [1.807, 2.05) is 24.3 Å². The van der Waals surface area contributed by atoms with Crippen molar-refractivity contribution >= 4 is 5.69 Å². The number of benzene rings is 1. The van der Waals surface area contributed by atoms with Crippen LogP contribution in [0.4, 0.5) is 5.69 Å². The largest absolute Gasteiger partial charge is 0.495 e. The van der Waals surface area contributed by atoms with E-state index in [-0.39, 0.29) is 6.10 Å². The van der Waals surface area contributed by atoms with E-state index >= 15 is 0 Å². The molecule has 1 saturated heterocycles. The summed E-state index contributed by atoms with van der Waals surface area (Å²) in [6, 6.07) is 8.28. The van der Waals surface area contributed by atoms with Crippen molar-refractivity contribution in [2.75, 3.05) is 31.6 Å². The minimum atomic E-state index is -0.343. The second-order valence-corrected chi connectivity index (χ2v) is 4.49. The Kier molecular flexibility index (Phi) is 3.86. The number of ether oxygens (including phenoxy) is 1. The Hall–Kier alpha value is -1.26. The highest BCUT2D eigenvalue weighted by Gasteiger charge is 2.23. The van der Waals surface area contributed by atoms with Crippen molar-refractivity contribution in [2.24, 2.45) is 0 Å². The number of β-amino-alcohol motifs (C(OH)–C–C–N with tert-alkyl or cyclic N) is 1. The van der Waals surface area contributed by atoms with Crippen LogP contribution >= 0.6 is 0 Å². The molecular formula is C13H20N2O2. The zero-order valence-corrected chi connectivity index (χ0v) is 10.4. The molecule has 0 radical (unpaired) electrons. The van der Waals surface area contributed by atoms with E-state index in [1.165, 1.54) is 0 Å². The van der Waals surface area contributed by atoms with Gasteiger partial charge < -0.3 is 20.1 Å². The van der Waals surface area contributed by atoms with Gasteiger partial charge in [0, 0.05) is 25.7 Å². The monoisotopic (exact) mass is 236 g/mol. The zero-order chi connectivity index (χ0) is 12.3. The number of hydrogen-bond acceptors (Lipinski definition) is 4. The minimum Gasteiger partial charge on any atom is -0.495 e. The Labute approximate surface area is 102 Å². The summed E-state index contributed by atoms with van der Waals surface area (Å²) in [6.07, 6.45) is -0.343. The lowest BCUT2D eigenvalue weighted by Crippen LogP contribution is -2.39.